The zero-order chi connectivity index (χ0) is 26.6. The molecule has 188 valence electrons. The van der Waals surface area contributed by atoms with E-state index in [2.05, 4.69) is 31.4 Å². The molecule has 0 radical (unpaired) electrons. The molecule has 0 bridgehead atoms. The molecule has 0 saturated heterocycles. The molecule has 2 N–H and O–H groups in total. The van der Waals surface area contributed by atoms with Gasteiger partial charge in [-0.1, -0.05) is 71.8 Å². The average Bonchev–Trinajstić information content (AvgIpc) is 3.31. The molecule has 0 fully saturated rings. The summed E-state index contributed by atoms with van der Waals surface area (Å²) in [6.45, 7) is 1.91. The number of nitrogens with one attached hydrogen (secondary N) is 2. The fraction of sp³-hybridized carbons (Fsp3) is 0.0333. The molecule has 8 heteroatoms. The third-order valence-electron chi connectivity index (χ3n) is 5.90. The molecule has 0 aliphatic carbocycles. The topological polar surface area (TPSA) is 83.5 Å². The first-order chi connectivity index (χ1) is 18.4. The third-order valence-corrected chi connectivity index (χ3v) is 6.89. The lowest BCUT2D eigenvalue weighted by Gasteiger charge is -2.08. The Hall–Kier alpha value is -4.20. The van der Waals surface area contributed by atoms with Gasteiger partial charge in [0.05, 0.1) is 17.3 Å². The van der Waals surface area contributed by atoms with E-state index >= 15 is 0 Å². The van der Waals surface area contributed by atoms with E-state index in [0.29, 0.717) is 33.2 Å². The summed E-state index contributed by atoms with van der Waals surface area (Å²) in [5, 5.41) is 5.51. The summed E-state index contributed by atoms with van der Waals surface area (Å²) in [6, 6.07) is 27.2. The molecule has 0 unspecified atom stereocenters. The summed E-state index contributed by atoms with van der Waals surface area (Å²) < 4.78 is 6.42. The molecule has 5 rings (SSSR count). The highest BCUT2D eigenvalue weighted by atomic mass is 79.9. The van der Waals surface area contributed by atoms with Crippen molar-refractivity contribution in [3.05, 3.63) is 123 Å². The Kier molecular flexibility index (Phi) is 7.40. The standard InChI is InChI=1S/C30H21BrClN3O3/c1-18-8-6-10-19(16-18)30(37)38-25-15-5-2-9-20(25)17-33-35-29(36)28-26(21-11-3-4-14-24(21)32)22-12-7-13-23(31)27(22)34-28/h2-17,34H,1H3,(H,35,36). The van der Waals surface area contributed by atoms with Gasteiger partial charge in [-0.3, -0.25) is 4.79 Å². The fourth-order valence-corrected chi connectivity index (χ4v) is 4.82. The number of hydrogen-bond donors (Lipinski definition) is 2. The SMILES string of the molecule is Cc1cccc(C(=O)Oc2ccccc2C=NNC(=O)c2[nH]c3c(Br)cccc3c2-c2ccccc2Cl)c1. The number of benzene rings is 4. The summed E-state index contributed by atoms with van der Waals surface area (Å²) in [7, 11) is 0. The van der Waals surface area contributed by atoms with Crippen LogP contribution in [-0.2, 0) is 0 Å². The number of esters is 1. The van der Waals surface area contributed by atoms with Gasteiger partial charge in [-0.2, -0.15) is 5.10 Å². The van der Waals surface area contributed by atoms with E-state index in [1.54, 1.807) is 48.5 Å². The number of carbonyl (C=O) groups excluding carboxylic acids is 2. The Morgan fingerprint density at radius 3 is 2.55 bits per heavy atom. The van der Waals surface area contributed by atoms with Crippen LogP contribution in [-0.4, -0.2) is 23.1 Å². The van der Waals surface area contributed by atoms with Crippen LogP contribution in [0.4, 0.5) is 0 Å². The Morgan fingerprint density at radius 1 is 0.974 bits per heavy atom. The molecule has 0 saturated carbocycles. The first kappa shape index (κ1) is 25.4. The largest absolute Gasteiger partial charge is 0.422 e. The molecule has 0 spiro atoms. The number of rotatable bonds is 6. The van der Waals surface area contributed by atoms with Crippen molar-refractivity contribution < 1.29 is 14.3 Å². The Balaban J connectivity index is 1.42. The summed E-state index contributed by atoms with van der Waals surface area (Å²) in [4.78, 5) is 29.1. The maximum absolute atomic E-state index is 13.3. The molecule has 0 aliphatic heterocycles. The van der Waals surface area contributed by atoms with Crippen molar-refractivity contribution in [2.75, 3.05) is 0 Å². The van der Waals surface area contributed by atoms with Crippen molar-refractivity contribution in [3.63, 3.8) is 0 Å². The van der Waals surface area contributed by atoms with Gasteiger partial charge in [0, 0.05) is 31.6 Å². The Morgan fingerprint density at radius 2 is 1.74 bits per heavy atom. The Labute approximate surface area is 232 Å². The van der Waals surface area contributed by atoms with Gasteiger partial charge in [0.1, 0.15) is 11.4 Å². The molecule has 0 aliphatic rings. The summed E-state index contributed by atoms with van der Waals surface area (Å²) >= 11 is 10.0. The van der Waals surface area contributed by atoms with Crippen LogP contribution in [0.25, 0.3) is 22.0 Å². The van der Waals surface area contributed by atoms with Gasteiger partial charge >= 0.3 is 5.97 Å². The predicted molar refractivity (Wildman–Crippen MR) is 154 cm³/mol. The average molecular weight is 587 g/mol. The van der Waals surface area contributed by atoms with Crippen molar-refractivity contribution >= 4 is 56.5 Å². The van der Waals surface area contributed by atoms with E-state index in [-0.39, 0.29) is 0 Å². The number of aryl methyl sites for hydroxylation is 1. The van der Waals surface area contributed by atoms with Gasteiger partial charge in [-0.25, -0.2) is 10.2 Å². The second kappa shape index (κ2) is 11.0. The smallest absolute Gasteiger partial charge is 0.343 e. The highest BCUT2D eigenvalue weighted by Crippen LogP contribution is 2.38. The number of fused-ring (bicyclic) bond motifs is 1. The number of amides is 1. The maximum atomic E-state index is 13.3. The van der Waals surface area contributed by atoms with Gasteiger partial charge in [-0.05, 0) is 59.3 Å². The number of halogens is 2. The van der Waals surface area contributed by atoms with Gasteiger partial charge in [0.25, 0.3) is 5.91 Å². The molecule has 6 nitrogen and oxygen atoms in total. The first-order valence-electron chi connectivity index (χ1n) is 11.7. The highest BCUT2D eigenvalue weighted by Gasteiger charge is 2.21. The molecular weight excluding hydrogens is 566 g/mol. The lowest BCUT2D eigenvalue weighted by atomic mass is 10.0. The molecule has 1 aromatic heterocycles. The summed E-state index contributed by atoms with van der Waals surface area (Å²) in [5.41, 5.74) is 6.99. The molecule has 5 aromatic rings. The van der Waals surface area contributed by atoms with E-state index in [9.17, 15) is 9.59 Å². The van der Waals surface area contributed by atoms with Crippen LogP contribution in [0.15, 0.2) is 101 Å². The van der Waals surface area contributed by atoms with Gasteiger partial charge in [0.2, 0.25) is 0 Å². The van der Waals surface area contributed by atoms with Crippen LogP contribution in [0.5, 0.6) is 5.75 Å². The van der Waals surface area contributed by atoms with Crippen molar-refractivity contribution in [2.45, 2.75) is 6.92 Å². The number of hydrazone groups is 1. The van der Waals surface area contributed by atoms with Crippen LogP contribution in [0.2, 0.25) is 5.02 Å². The van der Waals surface area contributed by atoms with E-state index in [0.717, 1.165) is 26.5 Å². The van der Waals surface area contributed by atoms with Crippen molar-refractivity contribution in [1.29, 1.82) is 0 Å². The van der Waals surface area contributed by atoms with Crippen molar-refractivity contribution in [2.24, 2.45) is 5.10 Å². The minimum absolute atomic E-state index is 0.316. The molecule has 1 heterocycles. The van der Waals surface area contributed by atoms with Crippen LogP contribution in [0.3, 0.4) is 0 Å². The Bertz CT molecular complexity index is 1710. The van der Waals surface area contributed by atoms with E-state index in [1.807, 2.05) is 49.4 Å². The fourth-order valence-electron chi connectivity index (χ4n) is 4.12. The minimum atomic E-state index is -0.480. The van der Waals surface area contributed by atoms with Crippen LogP contribution in [0, 0.1) is 6.92 Å². The highest BCUT2D eigenvalue weighted by molar-refractivity contribution is 9.10. The molecular formula is C30H21BrClN3O3. The number of aromatic amines is 1. The third kappa shape index (κ3) is 5.25. The number of para-hydroxylation sites is 2. The quantitative estimate of drug-likeness (QED) is 0.0933. The van der Waals surface area contributed by atoms with E-state index < -0.39 is 11.9 Å². The normalized spacial score (nSPS) is 11.1. The van der Waals surface area contributed by atoms with Gasteiger partial charge in [-0.15, -0.1) is 0 Å². The summed E-state index contributed by atoms with van der Waals surface area (Å²) in [5.74, 6) is -0.608. The van der Waals surface area contributed by atoms with Crippen molar-refractivity contribution in [1.82, 2.24) is 10.4 Å². The van der Waals surface area contributed by atoms with Gasteiger partial charge < -0.3 is 9.72 Å². The van der Waals surface area contributed by atoms with Crippen LogP contribution < -0.4 is 10.2 Å². The minimum Gasteiger partial charge on any atom is -0.422 e. The molecule has 0 atom stereocenters. The first-order valence-corrected chi connectivity index (χ1v) is 12.9. The molecule has 4 aromatic carbocycles. The maximum Gasteiger partial charge on any atom is 0.343 e. The summed E-state index contributed by atoms with van der Waals surface area (Å²) in [6.07, 6.45) is 1.44. The zero-order valence-corrected chi connectivity index (χ0v) is 22.5. The number of aromatic nitrogens is 1. The lowest BCUT2D eigenvalue weighted by Crippen LogP contribution is -2.19. The van der Waals surface area contributed by atoms with Gasteiger partial charge in [0.15, 0.2) is 0 Å². The zero-order valence-electron chi connectivity index (χ0n) is 20.2. The number of H-pyrrole nitrogens is 1. The van der Waals surface area contributed by atoms with Crippen LogP contribution >= 0.6 is 27.5 Å². The second-order valence-electron chi connectivity index (χ2n) is 8.51. The van der Waals surface area contributed by atoms with E-state index in [4.69, 9.17) is 16.3 Å². The monoisotopic (exact) mass is 585 g/mol. The van der Waals surface area contributed by atoms with Crippen LogP contribution in [0.1, 0.15) is 32.0 Å². The number of hydrogen-bond acceptors (Lipinski definition) is 4. The molecule has 38 heavy (non-hydrogen) atoms. The van der Waals surface area contributed by atoms with E-state index in [1.165, 1.54) is 6.21 Å². The number of carbonyl (C=O) groups is 2. The van der Waals surface area contributed by atoms with Crippen molar-refractivity contribution in [3.8, 4) is 16.9 Å². The lowest BCUT2D eigenvalue weighted by molar-refractivity contribution is 0.0734. The predicted octanol–water partition coefficient (Wildman–Crippen LogP) is 7.54. The number of nitrogens with zero attached hydrogens (tertiary/aromatic N) is 1. The molecule has 1 amide bonds. The number of ether oxygens (including phenoxy) is 1. The second-order valence-corrected chi connectivity index (χ2v) is 9.77.